The Labute approximate surface area is 111 Å². The van der Waals surface area contributed by atoms with Crippen LogP contribution in [0.1, 0.15) is 15.9 Å². The number of nitrogen functional groups attached to an aromatic ring is 1. The second-order valence-corrected chi connectivity index (χ2v) is 4.41. The Morgan fingerprint density at radius 3 is 2.84 bits per heavy atom. The first-order valence-corrected chi connectivity index (χ1v) is 6.12. The highest BCUT2D eigenvalue weighted by atomic mass is 16.2. The van der Waals surface area contributed by atoms with Crippen molar-refractivity contribution in [1.82, 2.24) is 4.98 Å². The van der Waals surface area contributed by atoms with Crippen molar-refractivity contribution in [3.8, 4) is 0 Å². The van der Waals surface area contributed by atoms with Crippen LogP contribution in [-0.2, 0) is 6.42 Å². The molecular weight excluding hydrogens is 240 g/mol. The number of carbonyl (C=O) groups is 1. The van der Waals surface area contributed by atoms with Gasteiger partial charge in [0.15, 0.2) is 0 Å². The quantitative estimate of drug-likeness (QED) is 0.630. The topological polar surface area (TPSA) is 71.2 Å². The maximum absolute atomic E-state index is 12.4. The molecule has 3 rings (SSSR count). The molecule has 3 N–H and O–H groups in total. The first-order chi connectivity index (χ1) is 9.29. The average molecular weight is 254 g/mol. The molecule has 0 spiro atoms. The van der Waals surface area contributed by atoms with Crippen LogP contribution in [0.25, 0.3) is 0 Å². The van der Waals surface area contributed by atoms with E-state index in [9.17, 15) is 4.79 Å². The zero-order valence-corrected chi connectivity index (χ0v) is 10.3. The molecule has 0 saturated carbocycles. The second-order valence-electron chi connectivity index (χ2n) is 4.41. The normalized spacial score (nSPS) is 13.2. The second kappa shape index (κ2) is 4.70. The van der Waals surface area contributed by atoms with Gasteiger partial charge in [-0.2, -0.15) is 0 Å². The molecule has 0 atom stereocenters. The third-order valence-corrected chi connectivity index (χ3v) is 3.29. The predicted molar refractivity (Wildman–Crippen MR) is 73.9 cm³/mol. The molecule has 2 heterocycles. The molecule has 0 aliphatic carbocycles. The van der Waals surface area contributed by atoms with Gasteiger partial charge in [0.25, 0.3) is 5.91 Å². The van der Waals surface area contributed by atoms with Crippen molar-refractivity contribution >= 4 is 17.4 Å². The van der Waals surface area contributed by atoms with Gasteiger partial charge in [-0.15, -0.1) is 0 Å². The van der Waals surface area contributed by atoms with Crippen LogP contribution in [0.2, 0.25) is 0 Å². The van der Waals surface area contributed by atoms with Crippen molar-refractivity contribution in [2.24, 2.45) is 5.84 Å². The number of fused-ring (bicyclic) bond motifs is 1. The van der Waals surface area contributed by atoms with Gasteiger partial charge in [-0.3, -0.25) is 4.79 Å². The Kier molecular flexibility index (Phi) is 2.89. The van der Waals surface area contributed by atoms with Crippen molar-refractivity contribution in [3.63, 3.8) is 0 Å². The number of benzene rings is 1. The van der Waals surface area contributed by atoms with Gasteiger partial charge in [0.1, 0.15) is 5.82 Å². The molecule has 0 fully saturated rings. The third-order valence-electron chi connectivity index (χ3n) is 3.29. The van der Waals surface area contributed by atoms with Crippen molar-refractivity contribution in [3.05, 3.63) is 53.7 Å². The van der Waals surface area contributed by atoms with Gasteiger partial charge < -0.3 is 10.3 Å². The zero-order chi connectivity index (χ0) is 13.2. The van der Waals surface area contributed by atoms with Crippen molar-refractivity contribution in [2.75, 3.05) is 16.9 Å². The summed E-state index contributed by atoms with van der Waals surface area (Å²) < 4.78 is 0. The predicted octanol–water partition coefficient (Wildman–Crippen LogP) is 1.57. The van der Waals surface area contributed by atoms with Gasteiger partial charge in [-0.05, 0) is 30.2 Å². The number of nitrogens with one attached hydrogen (secondary N) is 1. The molecule has 1 aliphatic heterocycles. The van der Waals surface area contributed by atoms with E-state index >= 15 is 0 Å². The van der Waals surface area contributed by atoms with E-state index in [4.69, 9.17) is 5.84 Å². The lowest BCUT2D eigenvalue weighted by Gasteiger charge is -2.17. The summed E-state index contributed by atoms with van der Waals surface area (Å²) in [6, 6.07) is 11.4. The maximum Gasteiger partial charge on any atom is 0.259 e. The number of pyridine rings is 1. The van der Waals surface area contributed by atoms with Crippen molar-refractivity contribution < 1.29 is 4.79 Å². The first kappa shape index (κ1) is 11.7. The van der Waals surface area contributed by atoms with Crippen LogP contribution < -0.4 is 16.2 Å². The molecule has 1 amide bonds. The van der Waals surface area contributed by atoms with Gasteiger partial charge in [0, 0.05) is 18.4 Å². The molecule has 1 aromatic carbocycles. The summed E-state index contributed by atoms with van der Waals surface area (Å²) in [6.45, 7) is 0.717. The molecule has 5 nitrogen and oxygen atoms in total. The molecule has 0 radical (unpaired) electrons. The van der Waals surface area contributed by atoms with E-state index in [0.29, 0.717) is 11.4 Å². The van der Waals surface area contributed by atoms with Gasteiger partial charge in [-0.25, -0.2) is 10.8 Å². The minimum absolute atomic E-state index is 0.0268. The molecule has 0 unspecified atom stereocenters. The summed E-state index contributed by atoms with van der Waals surface area (Å²) in [5.41, 5.74) is 5.21. The number of anilines is 2. The molecule has 1 aliphatic rings. The van der Waals surface area contributed by atoms with E-state index in [1.165, 1.54) is 5.56 Å². The van der Waals surface area contributed by atoms with E-state index in [2.05, 4.69) is 16.5 Å². The Balaban J connectivity index is 1.89. The Bertz CT molecular complexity index is 609. The van der Waals surface area contributed by atoms with Crippen LogP contribution >= 0.6 is 0 Å². The third kappa shape index (κ3) is 2.04. The SMILES string of the molecule is NNc1ccc(C(=O)N2CCc3ccccc32)cn1. The number of aromatic nitrogens is 1. The minimum atomic E-state index is -0.0268. The molecule has 5 heteroatoms. The van der Waals surface area contributed by atoms with Crippen LogP contribution in [0.3, 0.4) is 0 Å². The molecule has 96 valence electrons. The molecular formula is C14H14N4O. The number of hydrazine groups is 1. The van der Waals surface area contributed by atoms with E-state index in [1.54, 1.807) is 23.2 Å². The fraction of sp³-hybridized carbons (Fsp3) is 0.143. The zero-order valence-electron chi connectivity index (χ0n) is 10.3. The Morgan fingerprint density at radius 1 is 1.26 bits per heavy atom. The number of amides is 1. The summed E-state index contributed by atoms with van der Waals surface area (Å²) >= 11 is 0. The average Bonchev–Trinajstić information content (AvgIpc) is 2.90. The van der Waals surface area contributed by atoms with Crippen LogP contribution in [0.4, 0.5) is 11.5 Å². The van der Waals surface area contributed by atoms with Crippen LogP contribution in [0.5, 0.6) is 0 Å². The molecule has 2 aromatic rings. The van der Waals surface area contributed by atoms with Crippen LogP contribution in [0.15, 0.2) is 42.6 Å². The standard InChI is InChI=1S/C14H14N4O/c15-17-13-6-5-11(9-16-13)14(19)18-8-7-10-3-1-2-4-12(10)18/h1-6,9H,7-8,15H2,(H,16,17). The Hall–Kier alpha value is -2.40. The fourth-order valence-electron chi connectivity index (χ4n) is 2.31. The van der Waals surface area contributed by atoms with Gasteiger partial charge in [0.2, 0.25) is 0 Å². The number of carbonyl (C=O) groups excluding carboxylic acids is 1. The lowest BCUT2D eigenvalue weighted by molar-refractivity contribution is 0.0989. The lowest BCUT2D eigenvalue weighted by Crippen LogP contribution is -2.29. The van der Waals surface area contributed by atoms with Crippen molar-refractivity contribution in [2.45, 2.75) is 6.42 Å². The highest BCUT2D eigenvalue weighted by Crippen LogP contribution is 2.28. The van der Waals surface area contributed by atoms with Gasteiger partial charge >= 0.3 is 0 Å². The number of para-hydroxylation sites is 1. The highest BCUT2D eigenvalue weighted by Gasteiger charge is 2.25. The number of nitrogens with two attached hydrogens (primary N) is 1. The number of hydrogen-bond acceptors (Lipinski definition) is 4. The minimum Gasteiger partial charge on any atom is -0.308 e. The van der Waals surface area contributed by atoms with Gasteiger partial charge in [-0.1, -0.05) is 18.2 Å². The summed E-state index contributed by atoms with van der Waals surface area (Å²) in [7, 11) is 0. The molecule has 0 saturated heterocycles. The molecule has 1 aromatic heterocycles. The number of hydrogen-bond donors (Lipinski definition) is 2. The summed E-state index contributed by atoms with van der Waals surface area (Å²) in [4.78, 5) is 18.3. The van der Waals surface area contributed by atoms with E-state index in [0.717, 1.165) is 18.7 Å². The monoisotopic (exact) mass is 254 g/mol. The molecule has 19 heavy (non-hydrogen) atoms. The summed E-state index contributed by atoms with van der Waals surface area (Å²) in [5, 5.41) is 0. The van der Waals surface area contributed by atoms with Gasteiger partial charge in [0.05, 0.1) is 5.56 Å². The van der Waals surface area contributed by atoms with Crippen molar-refractivity contribution in [1.29, 1.82) is 0 Å². The van der Waals surface area contributed by atoms with Crippen LogP contribution in [0, 0.1) is 0 Å². The fourth-order valence-corrected chi connectivity index (χ4v) is 2.31. The van der Waals surface area contributed by atoms with Crippen LogP contribution in [-0.4, -0.2) is 17.4 Å². The lowest BCUT2D eigenvalue weighted by atomic mass is 10.2. The van der Waals surface area contributed by atoms with E-state index in [-0.39, 0.29) is 5.91 Å². The van der Waals surface area contributed by atoms with E-state index < -0.39 is 0 Å². The number of nitrogens with zero attached hydrogens (tertiary/aromatic N) is 2. The Morgan fingerprint density at radius 2 is 2.11 bits per heavy atom. The highest BCUT2D eigenvalue weighted by molar-refractivity contribution is 6.07. The summed E-state index contributed by atoms with van der Waals surface area (Å²) in [6.07, 6.45) is 2.44. The summed E-state index contributed by atoms with van der Waals surface area (Å²) in [5.74, 6) is 5.77. The number of rotatable bonds is 2. The van der Waals surface area contributed by atoms with E-state index in [1.807, 2.05) is 18.2 Å². The largest absolute Gasteiger partial charge is 0.308 e. The molecule has 0 bridgehead atoms. The first-order valence-electron chi connectivity index (χ1n) is 6.12. The smallest absolute Gasteiger partial charge is 0.259 e. The maximum atomic E-state index is 12.4.